The minimum atomic E-state index is -0.438. The molecule has 132 valence electrons. The predicted molar refractivity (Wildman–Crippen MR) is 99.9 cm³/mol. The number of benzene rings is 2. The van der Waals surface area contributed by atoms with Crippen molar-refractivity contribution in [3.8, 4) is 5.75 Å². The molecule has 0 aliphatic rings. The van der Waals surface area contributed by atoms with E-state index in [1.807, 2.05) is 0 Å². The molecule has 0 bridgehead atoms. The molecule has 0 spiro atoms. The Hall–Kier alpha value is -3.12. The monoisotopic (exact) mass is 371 g/mol. The summed E-state index contributed by atoms with van der Waals surface area (Å²) < 4.78 is 18.8. The Morgan fingerprint density at radius 3 is 2.58 bits per heavy atom. The third-order valence-corrected chi connectivity index (χ3v) is 3.90. The Kier molecular flexibility index (Phi) is 5.34. The number of nitrogens with one attached hydrogen (secondary N) is 2. The van der Waals surface area contributed by atoms with E-state index >= 15 is 0 Å². The zero-order valence-electron chi connectivity index (χ0n) is 13.8. The fourth-order valence-corrected chi connectivity index (χ4v) is 2.51. The summed E-state index contributed by atoms with van der Waals surface area (Å²) in [4.78, 5) is 16.3. The van der Waals surface area contributed by atoms with Crippen molar-refractivity contribution in [2.45, 2.75) is 0 Å². The van der Waals surface area contributed by atoms with Gasteiger partial charge >= 0.3 is 0 Å². The minimum Gasteiger partial charge on any atom is -0.497 e. The first kappa shape index (κ1) is 17.7. The van der Waals surface area contributed by atoms with E-state index in [9.17, 15) is 9.18 Å². The van der Waals surface area contributed by atoms with Crippen LogP contribution >= 0.6 is 11.6 Å². The third-order valence-electron chi connectivity index (χ3n) is 3.60. The van der Waals surface area contributed by atoms with E-state index in [0.717, 1.165) is 0 Å². The fourth-order valence-electron chi connectivity index (χ4n) is 2.30. The first-order chi connectivity index (χ1) is 12.6. The van der Waals surface area contributed by atoms with Crippen molar-refractivity contribution in [1.29, 1.82) is 0 Å². The van der Waals surface area contributed by atoms with Gasteiger partial charge in [0.25, 0.3) is 5.91 Å². The van der Waals surface area contributed by atoms with Crippen LogP contribution in [0.25, 0.3) is 0 Å². The minimum absolute atomic E-state index is 0.0942. The first-order valence-corrected chi connectivity index (χ1v) is 8.07. The van der Waals surface area contributed by atoms with Crippen LogP contribution in [0, 0.1) is 5.82 Å². The van der Waals surface area contributed by atoms with Gasteiger partial charge in [-0.05, 0) is 54.6 Å². The molecule has 0 saturated carbocycles. The molecule has 3 rings (SSSR count). The van der Waals surface area contributed by atoms with Crippen molar-refractivity contribution < 1.29 is 13.9 Å². The zero-order valence-corrected chi connectivity index (χ0v) is 14.5. The number of carbonyl (C=O) groups excluding carboxylic acids is 1. The number of nitrogens with zero attached hydrogens (tertiary/aromatic N) is 1. The number of aromatic nitrogens is 1. The maximum absolute atomic E-state index is 13.7. The molecule has 0 fully saturated rings. The highest BCUT2D eigenvalue weighted by molar-refractivity contribution is 6.33. The van der Waals surface area contributed by atoms with Crippen molar-refractivity contribution in [3.05, 3.63) is 77.3 Å². The molecule has 0 atom stereocenters. The second-order valence-corrected chi connectivity index (χ2v) is 5.70. The van der Waals surface area contributed by atoms with Crippen molar-refractivity contribution in [2.24, 2.45) is 0 Å². The molecular weight excluding hydrogens is 357 g/mol. The molecular formula is C19H15ClFN3O2. The van der Waals surface area contributed by atoms with Crippen LogP contribution in [0.3, 0.4) is 0 Å². The molecule has 2 aromatic carbocycles. The standard InChI is InChI=1S/C19H15ClFN3O2/c1-26-14-7-5-13(6-8-14)23-17-11-12(21)4-9-16(17)24-19(25)15-3-2-10-22-18(15)20/h2-11,23H,1H3,(H,24,25). The number of methoxy groups -OCH3 is 1. The lowest BCUT2D eigenvalue weighted by atomic mass is 10.2. The summed E-state index contributed by atoms with van der Waals surface area (Å²) in [5.74, 6) is -0.166. The smallest absolute Gasteiger partial charge is 0.258 e. The second kappa shape index (κ2) is 7.84. The molecule has 1 aromatic heterocycles. The Labute approximate surface area is 154 Å². The van der Waals surface area contributed by atoms with Gasteiger partial charge in [0, 0.05) is 11.9 Å². The van der Waals surface area contributed by atoms with E-state index in [2.05, 4.69) is 15.6 Å². The molecule has 1 amide bonds. The average molecular weight is 372 g/mol. The summed E-state index contributed by atoms with van der Waals surface area (Å²) in [7, 11) is 1.58. The van der Waals surface area contributed by atoms with Gasteiger partial charge in [0.05, 0.1) is 24.0 Å². The van der Waals surface area contributed by atoms with Crippen molar-refractivity contribution in [1.82, 2.24) is 4.98 Å². The number of hydrogen-bond acceptors (Lipinski definition) is 4. The average Bonchev–Trinajstić information content (AvgIpc) is 2.65. The van der Waals surface area contributed by atoms with Crippen molar-refractivity contribution >= 4 is 34.6 Å². The number of ether oxygens (including phenoxy) is 1. The summed E-state index contributed by atoms with van der Waals surface area (Å²) in [6.07, 6.45) is 1.49. The van der Waals surface area contributed by atoms with Gasteiger partial charge in [-0.3, -0.25) is 4.79 Å². The summed E-state index contributed by atoms with van der Waals surface area (Å²) >= 11 is 5.95. The Bertz CT molecular complexity index is 932. The van der Waals surface area contributed by atoms with Gasteiger partial charge in [0.1, 0.15) is 16.7 Å². The van der Waals surface area contributed by atoms with Gasteiger partial charge < -0.3 is 15.4 Å². The largest absolute Gasteiger partial charge is 0.497 e. The van der Waals surface area contributed by atoms with E-state index in [-0.39, 0.29) is 10.7 Å². The van der Waals surface area contributed by atoms with Crippen LogP contribution in [0.4, 0.5) is 21.5 Å². The van der Waals surface area contributed by atoms with Crippen molar-refractivity contribution in [3.63, 3.8) is 0 Å². The van der Waals surface area contributed by atoms with Gasteiger partial charge in [-0.1, -0.05) is 11.6 Å². The Morgan fingerprint density at radius 2 is 1.88 bits per heavy atom. The maximum atomic E-state index is 13.7. The topological polar surface area (TPSA) is 63.2 Å². The molecule has 7 heteroatoms. The van der Waals surface area contributed by atoms with Crippen LogP contribution in [0.1, 0.15) is 10.4 Å². The van der Waals surface area contributed by atoms with E-state index in [1.165, 1.54) is 24.4 Å². The third kappa shape index (κ3) is 4.10. The van der Waals surface area contributed by atoms with Crippen LogP contribution in [0.5, 0.6) is 5.75 Å². The molecule has 1 heterocycles. The number of anilines is 3. The van der Waals surface area contributed by atoms with Gasteiger partial charge in [0.15, 0.2) is 0 Å². The molecule has 26 heavy (non-hydrogen) atoms. The number of hydrogen-bond donors (Lipinski definition) is 2. The Morgan fingerprint density at radius 1 is 1.12 bits per heavy atom. The molecule has 0 aliphatic heterocycles. The number of pyridine rings is 1. The quantitative estimate of drug-likeness (QED) is 0.627. The molecule has 0 unspecified atom stereocenters. The molecule has 0 aliphatic carbocycles. The van der Waals surface area contributed by atoms with Gasteiger partial charge in [-0.25, -0.2) is 9.37 Å². The highest BCUT2D eigenvalue weighted by atomic mass is 35.5. The van der Waals surface area contributed by atoms with Crippen LogP contribution in [-0.2, 0) is 0 Å². The molecule has 0 saturated heterocycles. The van der Waals surface area contributed by atoms with Crippen LogP contribution < -0.4 is 15.4 Å². The van der Waals surface area contributed by atoms with Gasteiger partial charge in [-0.15, -0.1) is 0 Å². The lowest BCUT2D eigenvalue weighted by Crippen LogP contribution is -2.14. The highest BCUT2D eigenvalue weighted by Gasteiger charge is 2.13. The number of rotatable bonds is 5. The summed E-state index contributed by atoms with van der Waals surface area (Å²) in [5, 5.41) is 5.89. The second-order valence-electron chi connectivity index (χ2n) is 5.34. The normalized spacial score (nSPS) is 10.3. The van der Waals surface area contributed by atoms with Gasteiger partial charge in [0.2, 0.25) is 0 Å². The Balaban J connectivity index is 1.85. The van der Waals surface area contributed by atoms with Gasteiger partial charge in [-0.2, -0.15) is 0 Å². The molecule has 5 nitrogen and oxygen atoms in total. The number of amides is 1. The SMILES string of the molecule is COc1ccc(Nc2cc(F)ccc2NC(=O)c2cccnc2Cl)cc1. The summed E-state index contributed by atoms with van der Waals surface area (Å²) in [5.41, 5.74) is 1.76. The van der Waals surface area contributed by atoms with E-state index in [4.69, 9.17) is 16.3 Å². The van der Waals surface area contributed by atoms with E-state index < -0.39 is 11.7 Å². The van der Waals surface area contributed by atoms with E-state index in [1.54, 1.807) is 43.5 Å². The van der Waals surface area contributed by atoms with E-state index in [0.29, 0.717) is 22.8 Å². The van der Waals surface area contributed by atoms with Crippen molar-refractivity contribution in [2.75, 3.05) is 17.7 Å². The maximum Gasteiger partial charge on any atom is 0.258 e. The molecule has 2 N–H and O–H groups in total. The van der Waals surface area contributed by atoms with Crippen LogP contribution in [0.2, 0.25) is 5.15 Å². The summed E-state index contributed by atoms with van der Waals surface area (Å²) in [6.45, 7) is 0. The van der Waals surface area contributed by atoms with Crippen LogP contribution in [-0.4, -0.2) is 18.0 Å². The first-order valence-electron chi connectivity index (χ1n) is 7.69. The summed E-state index contributed by atoms with van der Waals surface area (Å²) in [6, 6.07) is 14.3. The zero-order chi connectivity index (χ0) is 18.5. The molecule has 0 radical (unpaired) electrons. The number of halogens is 2. The predicted octanol–water partition coefficient (Wildman–Crippen LogP) is 4.88. The van der Waals surface area contributed by atoms with Crippen LogP contribution in [0.15, 0.2) is 60.8 Å². The highest BCUT2D eigenvalue weighted by Crippen LogP contribution is 2.28. The lowest BCUT2D eigenvalue weighted by molar-refractivity contribution is 0.102. The fraction of sp³-hybridized carbons (Fsp3) is 0.0526. The lowest BCUT2D eigenvalue weighted by Gasteiger charge is -2.14. The molecule has 3 aromatic rings. The number of carbonyl (C=O) groups is 1.